The van der Waals surface area contributed by atoms with Gasteiger partial charge in [-0.3, -0.25) is 14.4 Å². The number of amides is 1. The highest BCUT2D eigenvalue weighted by Crippen LogP contribution is 2.25. The average Bonchev–Trinajstić information content (AvgIpc) is 3.05. The molecule has 130 valence electrons. The standard InChI is InChI=1S/C16H27FN4O2/c1-16(2,11-22)15(23)19(3)9-14-7-12(17)8-21(14)10-13-5-6-18-20(13)4/h5-6,12,14,22H,7-11H2,1-4H3/t12-,14-/m0/s1. The van der Waals surface area contributed by atoms with Crippen LogP contribution in [0.1, 0.15) is 26.0 Å². The molecule has 1 aromatic heterocycles. The number of nitrogens with zero attached hydrogens (tertiary/aromatic N) is 4. The molecule has 1 N–H and O–H groups in total. The Balaban J connectivity index is 2.02. The van der Waals surface area contributed by atoms with E-state index in [0.29, 0.717) is 26.1 Å². The predicted molar refractivity (Wildman–Crippen MR) is 85.4 cm³/mol. The van der Waals surface area contributed by atoms with E-state index in [1.54, 1.807) is 36.7 Å². The molecule has 1 aliphatic rings. The second-order valence-electron chi connectivity index (χ2n) is 7.09. The molecule has 0 aromatic carbocycles. The van der Waals surface area contributed by atoms with E-state index in [1.165, 1.54) is 0 Å². The monoisotopic (exact) mass is 326 g/mol. The lowest BCUT2D eigenvalue weighted by Crippen LogP contribution is -2.46. The van der Waals surface area contributed by atoms with Gasteiger partial charge in [0.15, 0.2) is 0 Å². The zero-order chi connectivity index (χ0) is 17.2. The summed E-state index contributed by atoms with van der Waals surface area (Å²) in [6.45, 7) is 4.68. The lowest BCUT2D eigenvalue weighted by molar-refractivity contribution is -0.141. The lowest BCUT2D eigenvalue weighted by atomic mass is 9.93. The van der Waals surface area contributed by atoms with Crippen LogP contribution < -0.4 is 0 Å². The Kier molecular flexibility index (Phi) is 5.41. The molecule has 1 amide bonds. The maximum Gasteiger partial charge on any atom is 0.230 e. The van der Waals surface area contributed by atoms with Crippen molar-refractivity contribution in [3.05, 3.63) is 18.0 Å². The van der Waals surface area contributed by atoms with Crippen molar-refractivity contribution in [3.8, 4) is 0 Å². The zero-order valence-corrected chi connectivity index (χ0v) is 14.4. The van der Waals surface area contributed by atoms with E-state index in [9.17, 15) is 14.3 Å². The molecule has 2 rings (SSSR count). The summed E-state index contributed by atoms with van der Waals surface area (Å²) in [6.07, 6.45) is 1.28. The van der Waals surface area contributed by atoms with E-state index in [0.717, 1.165) is 5.69 Å². The Morgan fingerprint density at radius 1 is 1.57 bits per heavy atom. The number of aliphatic hydroxyl groups excluding tert-OH is 1. The summed E-state index contributed by atoms with van der Waals surface area (Å²) in [5.41, 5.74) is 0.212. The molecule has 0 bridgehead atoms. The highest BCUT2D eigenvalue weighted by Gasteiger charge is 2.36. The van der Waals surface area contributed by atoms with Crippen molar-refractivity contribution in [1.29, 1.82) is 0 Å². The van der Waals surface area contributed by atoms with Gasteiger partial charge in [0.2, 0.25) is 5.91 Å². The van der Waals surface area contributed by atoms with Crippen LogP contribution in [-0.2, 0) is 18.4 Å². The number of carbonyl (C=O) groups excluding carboxylic acids is 1. The summed E-state index contributed by atoms with van der Waals surface area (Å²) in [4.78, 5) is 16.1. The number of halogens is 1. The molecule has 2 heterocycles. The van der Waals surface area contributed by atoms with E-state index in [2.05, 4.69) is 10.00 Å². The first kappa shape index (κ1) is 17.9. The Morgan fingerprint density at radius 2 is 2.26 bits per heavy atom. The number of aromatic nitrogens is 2. The zero-order valence-electron chi connectivity index (χ0n) is 14.4. The Hall–Kier alpha value is -1.47. The number of alkyl halides is 1. The predicted octanol–water partition coefficient (Wildman–Crippen LogP) is 0.809. The van der Waals surface area contributed by atoms with Crippen LogP contribution in [0.3, 0.4) is 0 Å². The molecule has 0 spiro atoms. The van der Waals surface area contributed by atoms with Gasteiger partial charge in [-0.1, -0.05) is 0 Å². The molecule has 0 unspecified atom stereocenters. The highest BCUT2D eigenvalue weighted by molar-refractivity contribution is 5.81. The Bertz CT molecular complexity index is 546. The van der Waals surface area contributed by atoms with Gasteiger partial charge in [0.1, 0.15) is 6.17 Å². The molecule has 1 aliphatic heterocycles. The number of rotatable bonds is 6. The molecule has 0 aliphatic carbocycles. The van der Waals surface area contributed by atoms with Crippen LogP contribution in [0, 0.1) is 5.41 Å². The summed E-state index contributed by atoms with van der Waals surface area (Å²) >= 11 is 0. The van der Waals surface area contributed by atoms with Gasteiger partial charge in [-0.15, -0.1) is 0 Å². The lowest BCUT2D eigenvalue weighted by Gasteiger charge is -2.32. The number of hydrogen-bond donors (Lipinski definition) is 1. The summed E-state index contributed by atoms with van der Waals surface area (Å²) in [5, 5.41) is 13.5. The van der Waals surface area contributed by atoms with Gasteiger partial charge in [0.25, 0.3) is 0 Å². The van der Waals surface area contributed by atoms with Gasteiger partial charge in [-0.2, -0.15) is 5.10 Å². The second-order valence-corrected chi connectivity index (χ2v) is 7.09. The van der Waals surface area contributed by atoms with Crippen molar-refractivity contribution < 1.29 is 14.3 Å². The van der Waals surface area contributed by atoms with Gasteiger partial charge >= 0.3 is 0 Å². The molecule has 7 heteroatoms. The van der Waals surface area contributed by atoms with Crippen LogP contribution in [0.15, 0.2) is 12.3 Å². The maximum atomic E-state index is 13.9. The molecule has 1 saturated heterocycles. The fraction of sp³-hybridized carbons (Fsp3) is 0.750. The summed E-state index contributed by atoms with van der Waals surface area (Å²) in [5.74, 6) is -0.122. The number of aliphatic hydroxyl groups is 1. The molecule has 6 nitrogen and oxygen atoms in total. The quantitative estimate of drug-likeness (QED) is 0.840. The SMILES string of the molecule is CN(C[C@@H]1C[C@H](F)CN1Cc1ccnn1C)C(=O)C(C)(C)CO. The van der Waals surface area contributed by atoms with E-state index < -0.39 is 11.6 Å². The number of likely N-dealkylation sites (N-methyl/N-ethyl adjacent to an activating group) is 1. The first-order valence-corrected chi connectivity index (χ1v) is 7.96. The van der Waals surface area contributed by atoms with Gasteiger partial charge in [-0.25, -0.2) is 4.39 Å². The van der Waals surface area contributed by atoms with Crippen molar-refractivity contribution in [2.45, 2.75) is 39.0 Å². The topological polar surface area (TPSA) is 61.6 Å². The smallest absolute Gasteiger partial charge is 0.230 e. The van der Waals surface area contributed by atoms with Crippen LogP contribution in [0.2, 0.25) is 0 Å². The van der Waals surface area contributed by atoms with Gasteiger partial charge in [0.05, 0.1) is 17.7 Å². The number of carbonyl (C=O) groups is 1. The molecule has 23 heavy (non-hydrogen) atoms. The van der Waals surface area contributed by atoms with Crippen molar-refractivity contribution in [3.63, 3.8) is 0 Å². The Morgan fingerprint density at radius 3 is 2.83 bits per heavy atom. The minimum atomic E-state index is -0.873. The third kappa shape index (κ3) is 4.09. The second kappa shape index (κ2) is 6.97. The van der Waals surface area contributed by atoms with Crippen molar-refractivity contribution in [1.82, 2.24) is 19.6 Å². The third-order valence-electron chi connectivity index (χ3n) is 4.57. The fourth-order valence-electron chi connectivity index (χ4n) is 3.05. The van der Waals surface area contributed by atoms with Crippen molar-refractivity contribution in [2.24, 2.45) is 12.5 Å². The van der Waals surface area contributed by atoms with E-state index in [4.69, 9.17) is 0 Å². The minimum Gasteiger partial charge on any atom is -0.395 e. The summed E-state index contributed by atoms with van der Waals surface area (Å²) in [6, 6.07) is 1.90. The molecule has 1 fully saturated rings. The molecule has 0 radical (unpaired) electrons. The minimum absolute atomic E-state index is 0.0247. The van der Waals surface area contributed by atoms with Crippen LogP contribution >= 0.6 is 0 Å². The van der Waals surface area contributed by atoms with Crippen LogP contribution in [0.5, 0.6) is 0 Å². The molecular formula is C16H27FN4O2. The maximum absolute atomic E-state index is 13.9. The first-order chi connectivity index (χ1) is 10.7. The first-order valence-electron chi connectivity index (χ1n) is 7.96. The molecule has 0 saturated carbocycles. The van der Waals surface area contributed by atoms with Crippen molar-refractivity contribution in [2.75, 3.05) is 26.7 Å². The van der Waals surface area contributed by atoms with Crippen LogP contribution in [-0.4, -0.2) is 69.6 Å². The van der Waals surface area contributed by atoms with Crippen LogP contribution in [0.25, 0.3) is 0 Å². The van der Waals surface area contributed by atoms with Crippen molar-refractivity contribution >= 4 is 5.91 Å². The fourth-order valence-corrected chi connectivity index (χ4v) is 3.05. The Labute approximate surface area is 136 Å². The number of hydrogen-bond acceptors (Lipinski definition) is 4. The largest absolute Gasteiger partial charge is 0.395 e. The summed E-state index contributed by atoms with van der Waals surface area (Å²) in [7, 11) is 3.58. The van der Waals surface area contributed by atoms with Gasteiger partial charge in [-0.05, 0) is 26.3 Å². The molecular weight excluding hydrogens is 299 g/mol. The van der Waals surface area contributed by atoms with Gasteiger partial charge < -0.3 is 10.0 Å². The van der Waals surface area contributed by atoms with Crippen LogP contribution in [0.4, 0.5) is 4.39 Å². The molecule has 1 aromatic rings. The normalized spacial score (nSPS) is 22.5. The molecule has 2 atom stereocenters. The summed E-state index contributed by atoms with van der Waals surface area (Å²) < 4.78 is 15.7. The average molecular weight is 326 g/mol. The van der Waals surface area contributed by atoms with Gasteiger partial charge in [0, 0.05) is 46.0 Å². The third-order valence-corrected chi connectivity index (χ3v) is 4.57. The van der Waals surface area contributed by atoms with E-state index in [1.807, 2.05) is 13.1 Å². The number of likely N-dealkylation sites (tertiary alicyclic amines) is 1. The number of aryl methyl sites for hydroxylation is 1. The highest BCUT2D eigenvalue weighted by atomic mass is 19.1. The van der Waals surface area contributed by atoms with E-state index in [-0.39, 0.29) is 18.6 Å². The van der Waals surface area contributed by atoms with E-state index >= 15 is 0 Å².